The Morgan fingerprint density at radius 1 is 1.12 bits per heavy atom. The molecule has 1 aliphatic carbocycles. The summed E-state index contributed by atoms with van der Waals surface area (Å²) >= 11 is 0. The summed E-state index contributed by atoms with van der Waals surface area (Å²) in [6, 6.07) is 7.19. The molecule has 2 aromatic heterocycles. The molecule has 1 unspecified atom stereocenters. The van der Waals surface area contributed by atoms with Crippen LogP contribution in [-0.4, -0.2) is 45.5 Å². The monoisotopic (exact) mass is 433 g/mol. The Kier molecular flexibility index (Phi) is 5.14. The number of fused-ring (bicyclic) bond motifs is 1. The molecule has 1 aromatic carbocycles. The van der Waals surface area contributed by atoms with Crippen LogP contribution in [0.25, 0.3) is 11.3 Å². The highest BCUT2D eigenvalue weighted by atomic mass is 16.5. The van der Waals surface area contributed by atoms with Crippen LogP contribution in [0.15, 0.2) is 24.3 Å². The Morgan fingerprint density at radius 3 is 2.75 bits per heavy atom. The molecular weight excluding hydrogens is 406 g/mol. The number of benzene rings is 1. The number of nitrogens with two attached hydrogens (primary N) is 3. The van der Waals surface area contributed by atoms with Crippen LogP contribution in [0, 0.1) is 5.41 Å². The fraction of sp³-hybridized carbons (Fsp3) is 0.364. The van der Waals surface area contributed by atoms with Crippen molar-refractivity contribution in [3.8, 4) is 11.3 Å². The molecule has 10 nitrogen and oxygen atoms in total. The van der Waals surface area contributed by atoms with Gasteiger partial charge >= 0.3 is 0 Å². The maximum Gasteiger partial charge on any atom is 0.222 e. The van der Waals surface area contributed by atoms with Gasteiger partial charge in [0.15, 0.2) is 0 Å². The molecule has 3 aromatic rings. The van der Waals surface area contributed by atoms with Gasteiger partial charge in [-0.2, -0.15) is 4.98 Å². The normalized spacial score (nSPS) is 18.4. The Hall–Kier alpha value is -3.66. The van der Waals surface area contributed by atoms with Gasteiger partial charge in [0.05, 0.1) is 24.5 Å². The first kappa shape index (κ1) is 20.3. The van der Waals surface area contributed by atoms with Gasteiger partial charge in [0.2, 0.25) is 5.95 Å². The molecule has 0 spiro atoms. The first-order chi connectivity index (χ1) is 15.5. The summed E-state index contributed by atoms with van der Waals surface area (Å²) in [5.41, 5.74) is 22.5. The number of nitrogens with one attached hydrogen (secondary N) is 2. The summed E-state index contributed by atoms with van der Waals surface area (Å²) < 4.78 is 6.03. The second-order valence-corrected chi connectivity index (χ2v) is 8.25. The fourth-order valence-electron chi connectivity index (χ4n) is 4.38. The van der Waals surface area contributed by atoms with Crippen LogP contribution in [0.3, 0.4) is 0 Å². The van der Waals surface area contributed by atoms with E-state index in [4.69, 9.17) is 32.3 Å². The minimum Gasteiger partial charge on any atom is -0.398 e. The minimum absolute atomic E-state index is 0.0732. The van der Waals surface area contributed by atoms with E-state index in [0.29, 0.717) is 36.6 Å². The van der Waals surface area contributed by atoms with Crippen molar-refractivity contribution >= 4 is 23.3 Å². The van der Waals surface area contributed by atoms with Gasteiger partial charge in [-0.25, -0.2) is 9.97 Å². The maximum atomic E-state index is 7.61. The van der Waals surface area contributed by atoms with Gasteiger partial charge in [-0.05, 0) is 37.8 Å². The number of hydrogen-bond acceptors (Lipinski definition) is 8. The number of anilines is 3. The lowest BCUT2D eigenvalue weighted by Gasteiger charge is -2.33. The molecular formula is C22H27N9O. The average molecular weight is 434 g/mol. The van der Waals surface area contributed by atoms with E-state index < -0.39 is 0 Å². The highest BCUT2D eigenvalue weighted by molar-refractivity contribution is 6.00. The average Bonchev–Trinajstić information content (AvgIpc) is 3.23. The largest absolute Gasteiger partial charge is 0.398 e. The molecule has 0 radical (unpaired) electrons. The minimum atomic E-state index is -0.153. The first-order valence-corrected chi connectivity index (χ1v) is 10.8. The predicted octanol–water partition coefficient (Wildman–Crippen LogP) is 1.77. The number of rotatable bonds is 4. The highest BCUT2D eigenvalue weighted by Crippen LogP contribution is 2.30. The Morgan fingerprint density at radius 2 is 1.97 bits per heavy atom. The molecule has 2 aliphatic rings. The number of H-pyrrole nitrogens is 1. The van der Waals surface area contributed by atoms with Crippen LogP contribution in [0.4, 0.5) is 17.5 Å². The van der Waals surface area contributed by atoms with E-state index >= 15 is 0 Å². The van der Waals surface area contributed by atoms with Crippen molar-refractivity contribution in [1.82, 2.24) is 19.9 Å². The van der Waals surface area contributed by atoms with Crippen LogP contribution < -0.4 is 22.1 Å². The maximum absolute atomic E-state index is 7.61. The lowest BCUT2D eigenvalue weighted by atomic mass is 10.0. The number of nitrogens with zero attached hydrogens (tertiary/aromatic N) is 4. The standard InChI is InChI=1S/C22H27N9O/c23-14-9-12(5-6-13(14)20(24)25)17-10-19(30-22(26)29-17)31-7-8-32-18(11-31)21-27-15-3-1-2-4-16(15)28-21/h5-6,9-10,18H,1-4,7-8,11,23H2,(H3,24,25)(H,27,28)(H2,26,29,30). The lowest BCUT2D eigenvalue weighted by Crippen LogP contribution is -2.39. The molecule has 0 saturated carbocycles. The molecule has 0 bridgehead atoms. The van der Waals surface area contributed by atoms with Crippen molar-refractivity contribution in [1.29, 1.82) is 5.41 Å². The Balaban J connectivity index is 1.41. The van der Waals surface area contributed by atoms with E-state index in [0.717, 1.165) is 30.0 Å². The molecule has 3 heterocycles. The van der Waals surface area contributed by atoms with Crippen molar-refractivity contribution < 1.29 is 4.74 Å². The number of ether oxygens (including phenoxy) is 1. The third kappa shape index (κ3) is 3.84. The number of aryl methyl sites for hydroxylation is 2. The highest BCUT2D eigenvalue weighted by Gasteiger charge is 2.27. The Labute approximate surface area is 185 Å². The molecule has 8 N–H and O–H groups in total. The van der Waals surface area contributed by atoms with E-state index in [9.17, 15) is 0 Å². The molecule has 32 heavy (non-hydrogen) atoms. The summed E-state index contributed by atoms with van der Waals surface area (Å²) in [4.78, 5) is 19.3. The van der Waals surface area contributed by atoms with E-state index in [1.165, 1.54) is 24.2 Å². The van der Waals surface area contributed by atoms with Gasteiger partial charge < -0.3 is 31.8 Å². The lowest BCUT2D eigenvalue weighted by molar-refractivity contribution is 0.0342. The van der Waals surface area contributed by atoms with Crippen LogP contribution in [0.5, 0.6) is 0 Å². The van der Waals surface area contributed by atoms with Crippen molar-refractivity contribution in [2.24, 2.45) is 5.73 Å². The number of aromatic nitrogens is 4. The van der Waals surface area contributed by atoms with E-state index in [-0.39, 0.29) is 17.9 Å². The fourth-order valence-corrected chi connectivity index (χ4v) is 4.38. The van der Waals surface area contributed by atoms with Crippen LogP contribution >= 0.6 is 0 Å². The zero-order valence-corrected chi connectivity index (χ0v) is 17.8. The topological polar surface area (TPSA) is 169 Å². The molecule has 1 atom stereocenters. The number of morpholine rings is 1. The summed E-state index contributed by atoms with van der Waals surface area (Å²) in [7, 11) is 0. The summed E-state index contributed by atoms with van der Waals surface area (Å²) in [6.45, 7) is 1.88. The number of imidazole rings is 1. The second-order valence-electron chi connectivity index (χ2n) is 8.25. The van der Waals surface area contributed by atoms with E-state index in [2.05, 4.69) is 19.9 Å². The van der Waals surface area contributed by atoms with Crippen molar-refractivity contribution in [2.75, 3.05) is 36.1 Å². The van der Waals surface area contributed by atoms with Gasteiger partial charge in [-0.3, -0.25) is 5.41 Å². The van der Waals surface area contributed by atoms with Crippen molar-refractivity contribution in [2.45, 2.75) is 31.8 Å². The zero-order valence-electron chi connectivity index (χ0n) is 17.8. The van der Waals surface area contributed by atoms with Crippen LogP contribution in [-0.2, 0) is 17.6 Å². The molecule has 1 aliphatic heterocycles. The number of amidine groups is 1. The molecule has 1 fully saturated rings. The van der Waals surface area contributed by atoms with Gasteiger partial charge in [0.25, 0.3) is 0 Å². The first-order valence-electron chi connectivity index (χ1n) is 10.8. The van der Waals surface area contributed by atoms with Gasteiger partial charge in [-0.15, -0.1) is 0 Å². The predicted molar refractivity (Wildman–Crippen MR) is 123 cm³/mol. The summed E-state index contributed by atoms with van der Waals surface area (Å²) in [5, 5.41) is 7.61. The van der Waals surface area contributed by atoms with Crippen molar-refractivity contribution in [3.05, 3.63) is 47.0 Å². The molecule has 0 amide bonds. The SMILES string of the molecule is N=C(N)c1ccc(-c2cc(N3CCOC(c4nc5c([nH]4)CCCC5)C3)nc(N)n2)cc1N. The zero-order chi connectivity index (χ0) is 22.2. The van der Waals surface area contributed by atoms with Crippen LogP contribution in [0.1, 0.15) is 41.7 Å². The molecule has 5 rings (SSSR count). The quantitative estimate of drug-likeness (QED) is 0.235. The van der Waals surface area contributed by atoms with Crippen molar-refractivity contribution in [3.63, 3.8) is 0 Å². The van der Waals surface area contributed by atoms with Crippen LogP contribution in [0.2, 0.25) is 0 Å². The molecule has 1 saturated heterocycles. The third-order valence-electron chi connectivity index (χ3n) is 6.04. The number of aromatic amines is 1. The summed E-state index contributed by atoms with van der Waals surface area (Å²) in [5.74, 6) is 1.72. The Bertz CT molecular complexity index is 1150. The molecule has 10 heteroatoms. The van der Waals surface area contributed by atoms with Gasteiger partial charge in [0.1, 0.15) is 23.6 Å². The van der Waals surface area contributed by atoms with Gasteiger partial charge in [-0.1, -0.05) is 6.07 Å². The third-order valence-corrected chi connectivity index (χ3v) is 6.04. The van der Waals surface area contributed by atoms with Gasteiger partial charge in [0, 0.05) is 35.1 Å². The van der Waals surface area contributed by atoms with E-state index in [1.54, 1.807) is 12.1 Å². The smallest absolute Gasteiger partial charge is 0.222 e. The number of nitrogen functional groups attached to an aromatic ring is 3. The summed E-state index contributed by atoms with van der Waals surface area (Å²) in [6.07, 6.45) is 4.32. The second kappa shape index (κ2) is 8.12. The van der Waals surface area contributed by atoms with E-state index in [1.807, 2.05) is 12.1 Å². The number of hydrogen-bond donors (Lipinski definition) is 5. The molecule has 166 valence electrons.